The van der Waals surface area contributed by atoms with E-state index in [1.165, 1.54) is 0 Å². The third-order valence-corrected chi connectivity index (χ3v) is 1.98. The SMILES string of the molecule is Cn1cc(CCC(=O)COCC(F)(F)F)cn1. The number of ether oxygens (including phenoxy) is 1. The van der Waals surface area contributed by atoms with Crippen molar-refractivity contribution in [3.8, 4) is 0 Å². The number of halogens is 3. The molecule has 0 unspecified atom stereocenters. The molecule has 0 aliphatic heterocycles. The molecule has 0 aliphatic rings. The van der Waals surface area contributed by atoms with Crippen LogP contribution in [0, 0.1) is 0 Å². The van der Waals surface area contributed by atoms with Crippen LogP contribution in [0.2, 0.25) is 0 Å². The van der Waals surface area contributed by atoms with Gasteiger partial charge in [-0.15, -0.1) is 0 Å². The second-order valence-corrected chi connectivity index (χ2v) is 3.67. The van der Waals surface area contributed by atoms with E-state index >= 15 is 0 Å². The Labute approximate surface area is 96.4 Å². The second kappa shape index (κ2) is 5.81. The fourth-order valence-corrected chi connectivity index (χ4v) is 1.24. The number of aryl methyl sites for hydroxylation is 2. The molecule has 0 saturated carbocycles. The molecule has 0 bridgehead atoms. The van der Waals surface area contributed by atoms with Crippen LogP contribution in [0.5, 0.6) is 0 Å². The van der Waals surface area contributed by atoms with Crippen molar-refractivity contribution in [2.24, 2.45) is 7.05 Å². The zero-order chi connectivity index (χ0) is 12.9. The van der Waals surface area contributed by atoms with Crippen molar-refractivity contribution in [3.05, 3.63) is 18.0 Å². The van der Waals surface area contributed by atoms with Gasteiger partial charge < -0.3 is 4.74 Å². The summed E-state index contributed by atoms with van der Waals surface area (Å²) >= 11 is 0. The lowest BCUT2D eigenvalue weighted by atomic mass is 10.1. The third-order valence-electron chi connectivity index (χ3n) is 1.98. The standard InChI is InChI=1S/C10H13F3N2O2/c1-15-5-8(4-14-15)2-3-9(16)6-17-7-10(11,12)13/h4-5H,2-3,6-7H2,1H3. The number of carbonyl (C=O) groups is 1. The van der Waals surface area contributed by atoms with Crippen LogP contribution in [-0.4, -0.2) is 35.0 Å². The van der Waals surface area contributed by atoms with Gasteiger partial charge in [-0.2, -0.15) is 18.3 Å². The van der Waals surface area contributed by atoms with E-state index < -0.39 is 19.4 Å². The maximum absolute atomic E-state index is 11.7. The lowest BCUT2D eigenvalue weighted by Crippen LogP contribution is -2.20. The molecule has 1 aromatic heterocycles. The Bertz CT molecular complexity index is 374. The van der Waals surface area contributed by atoms with E-state index in [4.69, 9.17) is 0 Å². The van der Waals surface area contributed by atoms with E-state index in [9.17, 15) is 18.0 Å². The van der Waals surface area contributed by atoms with Gasteiger partial charge in [0.05, 0.1) is 6.20 Å². The lowest BCUT2D eigenvalue weighted by Gasteiger charge is -2.06. The molecule has 0 aliphatic carbocycles. The third kappa shape index (κ3) is 6.06. The molecule has 0 spiro atoms. The molecule has 1 aromatic rings. The summed E-state index contributed by atoms with van der Waals surface area (Å²) in [6.07, 6.45) is -0.400. The highest BCUT2D eigenvalue weighted by Gasteiger charge is 2.27. The average molecular weight is 250 g/mol. The normalized spacial score (nSPS) is 11.8. The van der Waals surface area contributed by atoms with Crippen LogP contribution in [0.1, 0.15) is 12.0 Å². The number of alkyl halides is 3. The van der Waals surface area contributed by atoms with Crippen molar-refractivity contribution in [1.29, 1.82) is 0 Å². The van der Waals surface area contributed by atoms with Gasteiger partial charge in [-0.1, -0.05) is 0 Å². The zero-order valence-corrected chi connectivity index (χ0v) is 9.33. The molecule has 1 rings (SSSR count). The molecule has 0 fully saturated rings. The van der Waals surface area contributed by atoms with E-state index in [0.717, 1.165) is 5.56 Å². The van der Waals surface area contributed by atoms with Crippen LogP contribution in [0.15, 0.2) is 12.4 Å². The van der Waals surface area contributed by atoms with Crippen LogP contribution in [-0.2, 0) is 23.0 Å². The molecular weight excluding hydrogens is 237 g/mol. The molecule has 0 atom stereocenters. The highest BCUT2D eigenvalue weighted by atomic mass is 19.4. The smallest absolute Gasteiger partial charge is 0.364 e. The van der Waals surface area contributed by atoms with Gasteiger partial charge >= 0.3 is 6.18 Å². The highest BCUT2D eigenvalue weighted by molar-refractivity contribution is 5.79. The zero-order valence-electron chi connectivity index (χ0n) is 9.33. The van der Waals surface area contributed by atoms with E-state index in [1.54, 1.807) is 24.1 Å². The van der Waals surface area contributed by atoms with Crippen molar-refractivity contribution in [2.45, 2.75) is 19.0 Å². The molecule has 0 saturated heterocycles. The summed E-state index contributed by atoms with van der Waals surface area (Å²) in [5.41, 5.74) is 0.872. The van der Waals surface area contributed by atoms with Gasteiger partial charge in [0.2, 0.25) is 0 Å². The Morgan fingerprint density at radius 1 is 1.53 bits per heavy atom. The monoisotopic (exact) mass is 250 g/mol. The largest absolute Gasteiger partial charge is 0.411 e. The first-order chi connectivity index (χ1) is 7.87. The van der Waals surface area contributed by atoms with Crippen molar-refractivity contribution < 1.29 is 22.7 Å². The number of aromatic nitrogens is 2. The summed E-state index contributed by atoms with van der Waals surface area (Å²) in [4.78, 5) is 11.2. The molecule has 4 nitrogen and oxygen atoms in total. The second-order valence-electron chi connectivity index (χ2n) is 3.67. The Morgan fingerprint density at radius 2 is 2.24 bits per heavy atom. The number of carbonyl (C=O) groups excluding carboxylic acids is 1. The van der Waals surface area contributed by atoms with E-state index in [0.29, 0.717) is 6.42 Å². The first kappa shape index (κ1) is 13.7. The number of hydrogen-bond acceptors (Lipinski definition) is 3. The molecule has 0 amide bonds. The first-order valence-electron chi connectivity index (χ1n) is 5.00. The Balaban J connectivity index is 2.18. The van der Waals surface area contributed by atoms with Gasteiger partial charge in [0.1, 0.15) is 13.2 Å². The van der Waals surface area contributed by atoms with E-state index in [1.807, 2.05) is 0 Å². The summed E-state index contributed by atoms with van der Waals surface area (Å²) in [7, 11) is 1.75. The van der Waals surface area contributed by atoms with Crippen LogP contribution in [0.25, 0.3) is 0 Å². The Kier molecular flexibility index (Phi) is 4.68. The van der Waals surface area contributed by atoms with Crippen LogP contribution in [0.4, 0.5) is 13.2 Å². The number of hydrogen-bond donors (Lipinski definition) is 0. The summed E-state index contributed by atoms with van der Waals surface area (Å²) in [5.74, 6) is -0.349. The van der Waals surface area contributed by atoms with Crippen LogP contribution < -0.4 is 0 Å². The van der Waals surface area contributed by atoms with Crippen molar-refractivity contribution in [2.75, 3.05) is 13.2 Å². The van der Waals surface area contributed by atoms with E-state index in [-0.39, 0.29) is 12.2 Å². The summed E-state index contributed by atoms with van der Waals surface area (Å²) in [6, 6.07) is 0. The van der Waals surface area contributed by atoms with Gasteiger partial charge in [-0.3, -0.25) is 9.48 Å². The summed E-state index contributed by atoms with van der Waals surface area (Å²) in [6.45, 7) is -1.88. The van der Waals surface area contributed by atoms with Gasteiger partial charge in [-0.25, -0.2) is 0 Å². The van der Waals surface area contributed by atoms with E-state index in [2.05, 4.69) is 9.84 Å². The van der Waals surface area contributed by atoms with Crippen LogP contribution in [0.3, 0.4) is 0 Å². The lowest BCUT2D eigenvalue weighted by molar-refractivity contribution is -0.175. The maximum atomic E-state index is 11.7. The molecule has 1 heterocycles. The topological polar surface area (TPSA) is 44.1 Å². The number of Topliss-reactive ketones (excluding diaryl/α,β-unsaturated/α-hetero) is 1. The molecule has 96 valence electrons. The molecule has 7 heteroatoms. The maximum Gasteiger partial charge on any atom is 0.411 e. The summed E-state index contributed by atoms with van der Waals surface area (Å²) < 4.78 is 41.0. The molecule has 0 N–H and O–H groups in total. The van der Waals surface area contributed by atoms with Gasteiger partial charge in [0.25, 0.3) is 0 Å². The number of rotatable bonds is 6. The van der Waals surface area contributed by atoms with Crippen molar-refractivity contribution >= 4 is 5.78 Å². The molecule has 0 radical (unpaired) electrons. The number of ketones is 1. The van der Waals surface area contributed by atoms with Crippen molar-refractivity contribution in [1.82, 2.24) is 9.78 Å². The summed E-state index contributed by atoms with van der Waals surface area (Å²) in [5, 5.41) is 3.91. The molecule has 17 heavy (non-hydrogen) atoms. The average Bonchev–Trinajstić information content (AvgIpc) is 2.59. The Hall–Kier alpha value is -1.37. The minimum absolute atomic E-state index is 0.156. The fraction of sp³-hybridized carbons (Fsp3) is 0.600. The van der Waals surface area contributed by atoms with Crippen molar-refractivity contribution in [3.63, 3.8) is 0 Å². The quantitative estimate of drug-likeness (QED) is 0.768. The van der Waals surface area contributed by atoms with Crippen LogP contribution >= 0.6 is 0 Å². The number of nitrogens with zero attached hydrogens (tertiary/aromatic N) is 2. The van der Waals surface area contributed by atoms with Gasteiger partial charge in [0.15, 0.2) is 5.78 Å². The minimum Gasteiger partial charge on any atom is -0.364 e. The molecule has 0 aromatic carbocycles. The predicted molar refractivity (Wildman–Crippen MR) is 53.4 cm³/mol. The highest BCUT2D eigenvalue weighted by Crippen LogP contribution is 2.14. The fourth-order valence-electron chi connectivity index (χ4n) is 1.24. The minimum atomic E-state index is -4.39. The Morgan fingerprint density at radius 3 is 2.76 bits per heavy atom. The first-order valence-corrected chi connectivity index (χ1v) is 5.00. The van der Waals surface area contributed by atoms with Gasteiger partial charge in [-0.05, 0) is 12.0 Å². The molecular formula is C10H13F3N2O2. The predicted octanol–water partition coefficient (Wildman–Crippen LogP) is 1.50. The van der Waals surface area contributed by atoms with Gasteiger partial charge in [0, 0.05) is 19.7 Å².